The molecule has 0 saturated heterocycles. The normalized spacial score (nSPS) is 10.6. The van der Waals surface area contributed by atoms with Crippen LogP contribution in [0.4, 0.5) is 0 Å². The molecule has 0 atom stereocenters. The van der Waals surface area contributed by atoms with E-state index in [-0.39, 0.29) is 19.0 Å². The maximum Gasteiger partial charge on any atom is 0.255 e. The van der Waals surface area contributed by atoms with E-state index in [0.717, 1.165) is 24.0 Å². The molecule has 29 heavy (non-hydrogen) atoms. The Kier molecular flexibility index (Phi) is 8.64. The van der Waals surface area contributed by atoms with Crippen LogP contribution >= 0.6 is 11.6 Å². The molecule has 0 aliphatic carbocycles. The lowest BCUT2D eigenvalue weighted by Gasteiger charge is -2.15. The smallest absolute Gasteiger partial charge is 0.255 e. The number of primary amides is 1. The summed E-state index contributed by atoms with van der Waals surface area (Å²) in [5.41, 5.74) is 8.54. The van der Waals surface area contributed by atoms with Gasteiger partial charge in [0.1, 0.15) is 0 Å². The number of carbonyl (C=O) groups excluding carboxylic acids is 1. The minimum Gasteiger partial charge on any atom is -1.00 e. The number of H-pyrrole nitrogens is 1. The van der Waals surface area contributed by atoms with Gasteiger partial charge in [-0.25, -0.2) is 0 Å². The number of hydrogen-bond acceptors (Lipinski definition) is 4. The lowest BCUT2D eigenvalue weighted by molar-refractivity contribution is -0.119. The van der Waals surface area contributed by atoms with Crippen molar-refractivity contribution in [2.45, 2.75) is 19.9 Å². The zero-order valence-corrected chi connectivity index (χ0v) is 17.6. The molecule has 4 N–H and O–H groups in total. The highest BCUT2D eigenvalue weighted by molar-refractivity contribution is 6.32. The number of aromatic amines is 1. The lowest BCUT2D eigenvalue weighted by Crippen LogP contribution is -3.00. The summed E-state index contributed by atoms with van der Waals surface area (Å²) in [5, 5.41) is 5.07. The number of nitrogens with two attached hydrogens (primary N) is 1. The Balaban J connectivity index is 0.00000300. The van der Waals surface area contributed by atoms with Crippen LogP contribution in [0, 0.1) is 0 Å². The van der Waals surface area contributed by atoms with Gasteiger partial charge >= 0.3 is 0 Å². The second-order valence-electron chi connectivity index (χ2n) is 6.38. The Morgan fingerprint density at radius 2 is 2.03 bits per heavy atom. The first-order valence-corrected chi connectivity index (χ1v) is 9.58. The number of nitrogens with one attached hydrogen (secondary N) is 2. The summed E-state index contributed by atoms with van der Waals surface area (Å²) < 4.78 is 11.0. The Morgan fingerprint density at radius 1 is 1.24 bits per heavy atom. The van der Waals surface area contributed by atoms with Crippen molar-refractivity contribution < 1.29 is 26.7 Å². The van der Waals surface area contributed by atoms with Crippen LogP contribution < -0.4 is 32.9 Å². The van der Waals surface area contributed by atoms with Crippen molar-refractivity contribution in [3.63, 3.8) is 0 Å². The molecule has 8 heteroatoms. The van der Waals surface area contributed by atoms with Gasteiger partial charge in [0, 0.05) is 23.6 Å². The molecular formula is C21H24Cl2N3O3-. The fourth-order valence-electron chi connectivity index (χ4n) is 3.06. The maximum absolute atomic E-state index is 11.0. The van der Waals surface area contributed by atoms with E-state index in [0.29, 0.717) is 29.7 Å². The first-order chi connectivity index (χ1) is 13.6. The Morgan fingerprint density at radius 3 is 2.79 bits per heavy atom. The first kappa shape index (κ1) is 22.9. The van der Waals surface area contributed by atoms with E-state index in [9.17, 15) is 4.79 Å². The molecule has 0 fully saturated rings. The molecule has 1 amide bonds. The van der Waals surface area contributed by atoms with E-state index < -0.39 is 5.91 Å². The molecule has 1 heterocycles. The number of fused-ring (bicyclic) bond motifs is 1. The summed E-state index contributed by atoms with van der Waals surface area (Å²) in [6, 6.07) is 11.9. The van der Waals surface area contributed by atoms with Gasteiger partial charge in [-0.1, -0.05) is 29.8 Å². The van der Waals surface area contributed by atoms with Gasteiger partial charge in [0.15, 0.2) is 18.1 Å². The summed E-state index contributed by atoms with van der Waals surface area (Å²) in [6.07, 6.45) is 2.97. The zero-order valence-electron chi connectivity index (χ0n) is 16.1. The second-order valence-corrected chi connectivity index (χ2v) is 6.79. The monoisotopic (exact) mass is 436 g/mol. The molecule has 3 aromatic rings. The van der Waals surface area contributed by atoms with Crippen molar-refractivity contribution in [2.24, 2.45) is 5.73 Å². The van der Waals surface area contributed by atoms with Gasteiger partial charge in [0.2, 0.25) is 0 Å². The average Bonchev–Trinajstić information content (AvgIpc) is 3.08. The van der Waals surface area contributed by atoms with Crippen molar-refractivity contribution in [3.8, 4) is 11.5 Å². The van der Waals surface area contributed by atoms with Gasteiger partial charge in [-0.05, 0) is 49.2 Å². The fourth-order valence-corrected chi connectivity index (χ4v) is 3.35. The SMILES string of the molecule is CCOc1cc(CNCCc2c[nH]c3ccccc23)cc(Cl)c1OCC(N)=O.[Cl-]. The van der Waals surface area contributed by atoms with Crippen LogP contribution in [-0.2, 0) is 17.8 Å². The molecule has 0 unspecified atom stereocenters. The molecule has 0 radical (unpaired) electrons. The van der Waals surface area contributed by atoms with Crippen molar-refractivity contribution in [3.05, 3.63) is 58.7 Å². The molecular weight excluding hydrogens is 413 g/mol. The molecule has 0 aliphatic rings. The average molecular weight is 437 g/mol. The summed E-state index contributed by atoms with van der Waals surface area (Å²) in [4.78, 5) is 14.3. The number of rotatable bonds is 10. The quantitative estimate of drug-likeness (QED) is 0.401. The zero-order chi connectivity index (χ0) is 19.9. The van der Waals surface area contributed by atoms with Gasteiger partial charge in [-0.2, -0.15) is 0 Å². The minimum atomic E-state index is -0.568. The van der Waals surface area contributed by atoms with Crippen LogP contribution in [0.25, 0.3) is 10.9 Å². The van der Waals surface area contributed by atoms with Gasteiger partial charge in [-0.3, -0.25) is 4.79 Å². The van der Waals surface area contributed by atoms with Crippen LogP contribution in [-0.4, -0.2) is 30.6 Å². The van der Waals surface area contributed by atoms with E-state index >= 15 is 0 Å². The predicted octanol–water partition coefficient (Wildman–Crippen LogP) is 0.420. The third-order valence-electron chi connectivity index (χ3n) is 4.30. The molecule has 0 spiro atoms. The van der Waals surface area contributed by atoms with E-state index in [2.05, 4.69) is 28.6 Å². The van der Waals surface area contributed by atoms with Crippen molar-refractivity contribution >= 4 is 28.4 Å². The number of benzene rings is 2. The third-order valence-corrected chi connectivity index (χ3v) is 4.58. The first-order valence-electron chi connectivity index (χ1n) is 9.20. The van der Waals surface area contributed by atoms with Crippen LogP contribution in [0.5, 0.6) is 11.5 Å². The van der Waals surface area contributed by atoms with Crippen molar-refractivity contribution in [1.82, 2.24) is 10.3 Å². The van der Waals surface area contributed by atoms with Gasteiger partial charge in [0.05, 0.1) is 11.6 Å². The van der Waals surface area contributed by atoms with Gasteiger partial charge in [-0.15, -0.1) is 0 Å². The maximum atomic E-state index is 11.0. The number of carbonyl (C=O) groups is 1. The largest absolute Gasteiger partial charge is 1.00 e. The summed E-state index contributed by atoms with van der Waals surface area (Å²) in [7, 11) is 0. The lowest BCUT2D eigenvalue weighted by atomic mass is 10.1. The molecule has 6 nitrogen and oxygen atoms in total. The molecule has 1 aromatic heterocycles. The second kappa shape index (κ2) is 11.0. The van der Waals surface area contributed by atoms with Crippen molar-refractivity contribution in [2.75, 3.05) is 19.8 Å². The number of hydrogen-bond donors (Lipinski definition) is 3. The van der Waals surface area contributed by atoms with E-state index in [1.54, 1.807) is 6.07 Å². The molecule has 2 aromatic carbocycles. The molecule has 0 bridgehead atoms. The molecule has 3 rings (SSSR count). The number of para-hydroxylation sites is 1. The minimum absolute atomic E-state index is 0. The number of halogens is 2. The highest BCUT2D eigenvalue weighted by atomic mass is 35.5. The highest BCUT2D eigenvalue weighted by Gasteiger charge is 2.13. The topological polar surface area (TPSA) is 89.4 Å². The Hall–Kier alpha value is -2.41. The predicted molar refractivity (Wildman–Crippen MR) is 111 cm³/mol. The number of amides is 1. The van der Waals surface area contributed by atoms with Crippen molar-refractivity contribution in [1.29, 1.82) is 0 Å². The number of ether oxygens (including phenoxy) is 2. The van der Waals surface area contributed by atoms with Crippen LogP contribution in [0.3, 0.4) is 0 Å². The van der Waals surface area contributed by atoms with Gasteiger partial charge in [0.25, 0.3) is 5.91 Å². The molecule has 0 aliphatic heterocycles. The number of aromatic nitrogens is 1. The van der Waals surface area contributed by atoms with E-state index in [1.807, 2.05) is 25.1 Å². The van der Waals surface area contributed by atoms with E-state index in [1.165, 1.54) is 10.9 Å². The molecule has 0 saturated carbocycles. The Bertz CT molecular complexity index is 959. The highest BCUT2D eigenvalue weighted by Crippen LogP contribution is 2.36. The molecule has 156 valence electrons. The van der Waals surface area contributed by atoms with Crippen LogP contribution in [0.1, 0.15) is 18.1 Å². The summed E-state index contributed by atoms with van der Waals surface area (Å²) in [5.74, 6) is 0.274. The van der Waals surface area contributed by atoms with Gasteiger partial charge < -0.3 is 37.9 Å². The van der Waals surface area contributed by atoms with E-state index in [4.69, 9.17) is 26.8 Å². The summed E-state index contributed by atoms with van der Waals surface area (Å²) in [6.45, 7) is 3.54. The summed E-state index contributed by atoms with van der Waals surface area (Å²) >= 11 is 6.32. The fraction of sp³-hybridized carbons (Fsp3) is 0.286. The van der Waals surface area contributed by atoms with Crippen LogP contribution in [0.15, 0.2) is 42.6 Å². The Labute approximate surface area is 181 Å². The standard InChI is InChI=1S/C21H24ClN3O3.ClH/c1-2-27-19-10-14(9-17(22)21(19)28-13-20(23)26)11-24-8-7-15-12-25-18-6-4-3-5-16(15)18;/h3-6,9-10,12,24-25H,2,7-8,11,13H2,1H3,(H2,23,26);1H/p-1. The van der Waals surface area contributed by atoms with Crippen LogP contribution in [0.2, 0.25) is 5.02 Å². The third kappa shape index (κ3) is 6.03.